The second-order valence-corrected chi connectivity index (χ2v) is 2.56. The molecule has 0 aliphatic carbocycles. The van der Waals surface area contributed by atoms with Crippen LogP contribution in [0.3, 0.4) is 0 Å². The van der Waals surface area contributed by atoms with Crippen molar-refractivity contribution >= 4 is 17.3 Å². The van der Waals surface area contributed by atoms with Gasteiger partial charge in [0, 0.05) is 7.05 Å². The van der Waals surface area contributed by atoms with Crippen molar-refractivity contribution in [3.8, 4) is 0 Å². The Hall–Kier alpha value is -1.98. The fraction of sp³-hybridized carbons (Fsp3) is 0.143. The summed E-state index contributed by atoms with van der Waals surface area (Å²) in [6.07, 6.45) is 2.73. The molecule has 6 heteroatoms. The number of hydrogen-bond acceptors (Lipinski definition) is 4. The van der Waals surface area contributed by atoms with E-state index in [4.69, 9.17) is 5.11 Å². The van der Waals surface area contributed by atoms with Gasteiger partial charge in [-0.2, -0.15) is 0 Å². The highest BCUT2D eigenvalue weighted by molar-refractivity contribution is 5.86. The van der Waals surface area contributed by atoms with E-state index in [1.807, 2.05) is 0 Å². The van der Waals surface area contributed by atoms with Crippen molar-refractivity contribution in [3.05, 3.63) is 18.2 Å². The third-order valence-corrected chi connectivity index (χ3v) is 1.64. The Balaban J connectivity index is 2.72. The molecule has 0 unspecified atom stereocenters. The van der Waals surface area contributed by atoms with Gasteiger partial charge in [0.05, 0.1) is 12.5 Å². The van der Waals surface area contributed by atoms with Gasteiger partial charge in [0.2, 0.25) is 0 Å². The van der Waals surface area contributed by atoms with Crippen molar-refractivity contribution in [2.75, 3.05) is 0 Å². The van der Waals surface area contributed by atoms with Crippen LogP contribution in [0.2, 0.25) is 0 Å². The quantitative estimate of drug-likeness (QED) is 0.667. The third-order valence-electron chi connectivity index (χ3n) is 1.64. The summed E-state index contributed by atoms with van der Waals surface area (Å²) < 4.78 is 1.62. The Kier molecular flexibility index (Phi) is 1.48. The van der Waals surface area contributed by atoms with Crippen molar-refractivity contribution in [2.45, 2.75) is 0 Å². The second kappa shape index (κ2) is 2.51. The highest BCUT2D eigenvalue weighted by atomic mass is 16.4. The third kappa shape index (κ3) is 1.12. The molecule has 2 aromatic heterocycles. The van der Waals surface area contributed by atoms with Crippen LogP contribution in [0.15, 0.2) is 12.5 Å². The van der Waals surface area contributed by atoms with Crippen LogP contribution in [-0.4, -0.2) is 30.6 Å². The van der Waals surface area contributed by atoms with Gasteiger partial charge in [0.15, 0.2) is 17.0 Å². The van der Waals surface area contributed by atoms with Gasteiger partial charge in [-0.05, 0) is 0 Å². The topological polar surface area (TPSA) is 80.9 Å². The lowest BCUT2D eigenvalue weighted by Crippen LogP contribution is -2.02. The van der Waals surface area contributed by atoms with Crippen molar-refractivity contribution in [3.63, 3.8) is 0 Å². The summed E-state index contributed by atoms with van der Waals surface area (Å²) >= 11 is 0. The van der Waals surface area contributed by atoms with Crippen molar-refractivity contribution < 1.29 is 9.90 Å². The number of rotatable bonds is 1. The van der Waals surface area contributed by atoms with E-state index < -0.39 is 5.97 Å². The van der Waals surface area contributed by atoms with Crippen LogP contribution in [0.1, 0.15) is 10.5 Å². The number of aromatic nitrogens is 4. The largest absolute Gasteiger partial charge is 0.476 e. The molecule has 0 aromatic carbocycles. The van der Waals surface area contributed by atoms with E-state index in [0.717, 1.165) is 0 Å². The minimum Gasteiger partial charge on any atom is -0.476 e. The molecule has 0 amide bonds. The van der Waals surface area contributed by atoms with E-state index in [2.05, 4.69) is 15.0 Å². The van der Waals surface area contributed by atoms with Gasteiger partial charge in [-0.15, -0.1) is 0 Å². The second-order valence-electron chi connectivity index (χ2n) is 2.56. The minimum atomic E-state index is -1.09. The van der Waals surface area contributed by atoms with Crippen LogP contribution >= 0.6 is 0 Å². The molecule has 0 bridgehead atoms. The molecule has 0 aliphatic heterocycles. The molecule has 2 aromatic rings. The predicted molar refractivity (Wildman–Crippen MR) is 43.3 cm³/mol. The molecule has 0 spiro atoms. The Morgan fingerprint density at radius 2 is 2.31 bits per heavy atom. The lowest BCUT2D eigenvalue weighted by Gasteiger charge is -1.94. The zero-order valence-electron chi connectivity index (χ0n) is 6.80. The molecular weight excluding hydrogens is 172 g/mol. The number of fused-ring (bicyclic) bond motifs is 1. The molecule has 1 N–H and O–H groups in total. The smallest absolute Gasteiger partial charge is 0.356 e. The molecule has 0 radical (unpaired) electrons. The first kappa shape index (κ1) is 7.66. The molecule has 66 valence electrons. The van der Waals surface area contributed by atoms with Crippen LogP contribution in [0, 0.1) is 0 Å². The maximum absolute atomic E-state index is 10.5. The Morgan fingerprint density at radius 1 is 1.54 bits per heavy atom. The van der Waals surface area contributed by atoms with E-state index in [1.165, 1.54) is 12.5 Å². The standard InChI is InChI=1S/C7H6N4O2/c1-11-3-9-5-6(11)10-4(2-8-5)7(12)13/h2-3H,1H3,(H,12,13). The maximum atomic E-state index is 10.5. The van der Waals surface area contributed by atoms with Crippen molar-refractivity contribution in [2.24, 2.45) is 7.05 Å². The normalized spacial score (nSPS) is 10.5. The molecule has 13 heavy (non-hydrogen) atoms. The Bertz CT molecular complexity index is 476. The number of carbonyl (C=O) groups is 1. The molecule has 2 heterocycles. The van der Waals surface area contributed by atoms with Crippen molar-refractivity contribution in [1.29, 1.82) is 0 Å². The zero-order valence-corrected chi connectivity index (χ0v) is 6.80. The summed E-state index contributed by atoms with van der Waals surface area (Å²) in [6.45, 7) is 0. The minimum absolute atomic E-state index is 0.0731. The van der Waals surface area contributed by atoms with Crippen LogP contribution in [0.25, 0.3) is 11.3 Å². The van der Waals surface area contributed by atoms with Gasteiger partial charge in [-0.1, -0.05) is 0 Å². The molecule has 0 atom stereocenters. The predicted octanol–water partition coefficient (Wildman–Crippen LogP) is 0.0615. The van der Waals surface area contributed by atoms with Crippen LogP contribution in [0.4, 0.5) is 0 Å². The van der Waals surface area contributed by atoms with Crippen LogP contribution in [0.5, 0.6) is 0 Å². The van der Waals surface area contributed by atoms with E-state index in [9.17, 15) is 4.79 Å². The Labute approximate surface area is 72.9 Å². The number of carboxylic acid groups (broad SMARTS) is 1. The average molecular weight is 178 g/mol. The fourth-order valence-electron chi connectivity index (χ4n) is 1.000. The van der Waals surface area contributed by atoms with Gasteiger partial charge in [-0.3, -0.25) is 0 Å². The first-order chi connectivity index (χ1) is 6.18. The number of imidazole rings is 1. The highest BCUT2D eigenvalue weighted by Crippen LogP contribution is 2.05. The summed E-state index contributed by atoms with van der Waals surface area (Å²) in [5, 5.41) is 8.64. The summed E-state index contributed by atoms with van der Waals surface area (Å²) in [4.78, 5) is 22.2. The molecule has 0 saturated carbocycles. The van der Waals surface area contributed by atoms with Gasteiger partial charge >= 0.3 is 5.97 Å². The number of aromatic carboxylic acids is 1. The summed E-state index contributed by atoms with van der Waals surface area (Å²) in [6, 6.07) is 0. The number of nitrogens with zero attached hydrogens (tertiary/aromatic N) is 4. The molecule has 2 rings (SSSR count). The zero-order chi connectivity index (χ0) is 9.42. The first-order valence-electron chi connectivity index (χ1n) is 3.56. The molecule has 6 nitrogen and oxygen atoms in total. The lowest BCUT2D eigenvalue weighted by atomic mass is 10.4. The van der Waals surface area contributed by atoms with E-state index in [0.29, 0.717) is 11.3 Å². The van der Waals surface area contributed by atoms with Gasteiger partial charge < -0.3 is 9.67 Å². The van der Waals surface area contributed by atoms with Crippen molar-refractivity contribution in [1.82, 2.24) is 19.5 Å². The molecule has 0 fully saturated rings. The van der Waals surface area contributed by atoms with Gasteiger partial charge in [0.25, 0.3) is 0 Å². The maximum Gasteiger partial charge on any atom is 0.356 e. The van der Waals surface area contributed by atoms with Crippen LogP contribution < -0.4 is 0 Å². The monoisotopic (exact) mass is 178 g/mol. The summed E-state index contributed by atoms with van der Waals surface area (Å²) in [5.41, 5.74) is 0.850. The van der Waals surface area contributed by atoms with E-state index >= 15 is 0 Å². The summed E-state index contributed by atoms with van der Waals surface area (Å²) in [7, 11) is 1.73. The SMILES string of the molecule is Cn1cnc2ncc(C(=O)O)nc21. The average Bonchev–Trinajstić information content (AvgIpc) is 2.47. The lowest BCUT2D eigenvalue weighted by molar-refractivity contribution is 0.0690. The van der Waals surface area contributed by atoms with Crippen LogP contribution in [-0.2, 0) is 7.05 Å². The highest BCUT2D eigenvalue weighted by Gasteiger charge is 2.08. The molecular formula is C7H6N4O2. The molecule has 0 aliphatic rings. The van der Waals surface area contributed by atoms with E-state index in [1.54, 1.807) is 11.6 Å². The van der Waals surface area contributed by atoms with Gasteiger partial charge in [0.1, 0.15) is 0 Å². The molecule has 0 saturated heterocycles. The fourth-order valence-corrected chi connectivity index (χ4v) is 1.000. The number of hydrogen-bond donors (Lipinski definition) is 1. The first-order valence-corrected chi connectivity index (χ1v) is 3.56. The Morgan fingerprint density at radius 3 is 3.00 bits per heavy atom. The van der Waals surface area contributed by atoms with E-state index in [-0.39, 0.29) is 5.69 Å². The number of aryl methyl sites for hydroxylation is 1. The summed E-state index contributed by atoms with van der Waals surface area (Å²) in [5.74, 6) is -1.09. The number of carboxylic acids is 1. The van der Waals surface area contributed by atoms with Gasteiger partial charge in [-0.25, -0.2) is 19.7 Å².